The van der Waals surface area contributed by atoms with Crippen LogP contribution in [0.1, 0.15) is 38.7 Å². The van der Waals surface area contributed by atoms with E-state index in [-0.39, 0.29) is 24.4 Å². The van der Waals surface area contributed by atoms with E-state index in [1.807, 2.05) is 26.8 Å². The molecular weight excluding hydrogens is 312 g/mol. The summed E-state index contributed by atoms with van der Waals surface area (Å²) in [6.07, 6.45) is 2.29. The van der Waals surface area contributed by atoms with Gasteiger partial charge in [0.2, 0.25) is 0 Å². The van der Waals surface area contributed by atoms with Gasteiger partial charge in [0.05, 0.1) is 17.5 Å². The van der Waals surface area contributed by atoms with E-state index < -0.39 is 0 Å². The van der Waals surface area contributed by atoms with Crippen LogP contribution in [0.5, 0.6) is 5.75 Å². The van der Waals surface area contributed by atoms with Crippen molar-refractivity contribution in [3.05, 3.63) is 41.4 Å². The molecule has 4 heteroatoms. The number of benzene rings is 1. The van der Waals surface area contributed by atoms with Crippen LogP contribution in [0.25, 0.3) is 0 Å². The maximum absolute atomic E-state index is 12.4. The zero-order chi connectivity index (χ0) is 17.2. The van der Waals surface area contributed by atoms with Crippen molar-refractivity contribution >= 4 is 17.6 Å². The molecule has 0 saturated heterocycles. The van der Waals surface area contributed by atoms with Gasteiger partial charge < -0.3 is 9.47 Å². The fourth-order valence-electron chi connectivity index (χ4n) is 2.17. The number of rotatable bonds is 7. The van der Waals surface area contributed by atoms with Gasteiger partial charge in [0.1, 0.15) is 5.75 Å². The van der Waals surface area contributed by atoms with Crippen molar-refractivity contribution in [1.82, 2.24) is 0 Å². The molecule has 1 aromatic carbocycles. The molecule has 1 rings (SSSR count). The van der Waals surface area contributed by atoms with Crippen molar-refractivity contribution in [2.24, 2.45) is 5.92 Å². The topological polar surface area (TPSA) is 35.5 Å². The summed E-state index contributed by atoms with van der Waals surface area (Å²) in [5.74, 6) is 5.65. The molecule has 0 bridgehead atoms. The third-order valence-corrected chi connectivity index (χ3v) is 3.49. The minimum Gasteiger partial charge on any atom is -0.492 e. The molecule has 23 heavy (non-hydrogen) atoms. The Kier molecular flexibility index (Phi) is 8.29. The van der Waals surface area contributed by atoms with Crippen LogP contribution in [0.2, 0.25) is 5.02 Å². The van der Waals surface area contributed by atoms with Gasteiger partial charge in [-0.1, -0.05) is 49.4 Å². The summed E-state index contributed by atoms with van der Waals surface area (Å²) >= 11 is 6.21. The van der Waals surface area contributed by atoms with Crippen molar-refractivity contribution in [1.29, 1.82) is 0 Å². The van der Waals surface area contributed by atoms with E-state index in [0.29, 0.717) is 23.8 Å². The quantitative estimate of drug-likeness (QED) is 0.415. The van der Waals surface area contributed by atoms with E-state index in [1.54, 1.807) is 18.2 Å². The average Bonchev–Trinajstić information content (AvgIpc) is 2.49. The van der Waals surface area contributed by atoms with E-state index in [2.05, 4.69) is 18.4 Å². The molecule has 0 aliphatic rings. The van der Waals surface area contributed by atoms with Crippen LogP contribution in [0.15, 0.2) is 30.9 Å². The van der Waals surface area contributed by atoms with Gasteiger partial charge >= 0.3 is 5.97 Å². The van der Waals surface area contributed by atoms with Crippen LogP contribution in [-0.4, -0.2) is 19.2 Å². The first kappa shape index (κ1) is 19.1. The number of allylic oxidation sites excluding steroid dienone is 1. The van der Waals surface area contributed by atoms with Gasteiger partial charge in [0.15, 0.2) is 6.61 Å². The molecule has 1 aromatic rings. The maximum Gasteiger partial charge on any atom is 0.314 e. The second-order valence-corrected chi connectivity index (χ2v) is 5.71. The lowest BCUT2D eigenvalue weighted by molar-refractivity contribution is -0.145. The molecule has 0 saturated carbocycles. The van der Waals surface area contributed by atoms with Gasteiger partial charge in [-0.3, -0.25) is 4.79 Å². The van der Waals surface area contributed by atoms with E-state index in [9.17, 15) is 4.79 Å². The minimum atomic E-state index is -0.385. The third kappa shape index (κ3) is 6.00. The lowest BCUT2D eigenvalue weighted by atomic mass is 9.88. The van der Waals surface area contributed by atoms with Crippen molar-refractivity contribution in [2.45, 2.75) is 33.1 Å². The predicted molar refractivity (Wildman–Crippen MR) is 93.7 cm³/mol. The van der Waals surface area contributed by atoms with Gasteiger partial charge in [0.25, 0.3) is 0 Å². The van der Waals surface area contributed by atoms with Gasteiger partial charge in [-0.2, -0.15) is 0 Å². The standard InChI is InChI=1S/C19H23ClO3/c1-5-7-8-9-12-23-19(21)18(14(3)4)15-10-11-17(22-6-2)16(20)13-15/h5,10-11,13-14,18H,1,6-7,12H2,2-4H3. The summed E-state index contributed by atoms with van der Waals surface area (Å²) in [6.45, 7) is 10.0. The van der Waals surface area contributed by atoms with E-state index in [1.165, 1.54) is 0 Å². The Bertz CT molecular complexity index is 596. The molecule has 0 heterocycles. The maximum atomic E-state index is 12.4. The summed E-state index contributed by atoms with van der Waals surface area (Å²) in [7, 11) is 0. The van der Waals surface area contributed by atoms with E-state index >= 15 is 0 Å². The Labute approximate surface area is 143 Å². The molecule has 0 aliphatic carbocycles. The number of carbonyl (C=O) groups is 1. The predicted octanol–water partition coefficient (Wildman–Crippen LogP) is 4.60. The second kappa shape index (κ2) is 9.97. The fraction of sp³-hybridized carbons (Fsp3) is 0.421. The fourth-order valence-corrected chi connectivity index (χ4v) is 2.41. The van der Waals surface area contributed by atoms with Gasteiger partial charge in [-0.15, -0.1) is 6.58 Å². The first-order valence-corrected chi connectivity index (χ1v) is 8.04. The number of ether oxygens (including phenoxy) is 2. The Morgan fingerprint density at radius 1 is 1.39 bits per heavy atom. The van der Waals surface area contributed by atoms with E-state index in [4.69, 9.17) is 21.1 Å². The van der Waals surface area contributed by atoms with Crippen molar-refractivity contribution in [3.8, 4) is 17.6 Å². The first-order valence-electron chi connectivity index (χ1n) is 7.66. The molecule has 124 valence electrons. The van der Waals surface area contributed by atoms with Crippen LogP contribution in [0, 0.1) is 17.8 Å². The van der Waals surface area contributed by atoms with Crippen LogP contribution >= 0.6 is 11.6 Å². The lowest BCUT2D eigenvalue weighted by Gasteiger charge is -2.20. The average molecular weight is 335 g/mol. The Morgan fingerprint density at radius 3 is 2.70 bits per heavy atom. The van der Waals surface area contributed by atoms with Crippen LogP contribution in [0.3, 0.4) is 0 Å². The molecule has 0 fully saturated rings. The Hall–Kier alpha value is -1.92. The number of hydrogen-bond acceptors (Lipinski definition) is 3. The zero-order valence-corrected chi connectivity index (χ0v) is 14.7. The highest BCUT2D eigenvalue weighted by Gasteiger charge is 2.26. The van der Waals surface area contributed by atoms with Crippen molar-refractivity contribution < 1.29 is 14.3 Å². The molecular formula is C19H23ClO3. The van der Waals surface area contributed by atoms with Crippen LogP contribution < -0.4 is 4.74 Å². The van der Waals surface area contributed by atoms with Gasteiger partial charge in [0, 0.05) is 6.42 Å². The largest absolute Gasteiger partial charge is 0.492 e. The monoisotopic (exact) mass is 334 g/mol. The lowest BCUT2D eigenvalue weighted by Crippen LogP contribution is -2.21. The summed E-state index contributed by atoms with van der Waals surface area (Å²) in [4.78, 5) is 12.4. The van der Waals surface area contributed by atoms with Crippen LogP contribution in [-0.2, 0) is 9.53 Å². The molecule has 0 aromatic heterocycles. The summed E-state index contributed by atoms with van der Waals surface area (Å²) in [5.41, 5.74) is 0.817. The number of hydrogen-bond donors (Lipinski definition) is 0. The highest BCUT2D eigenvalue weighted by Crippen LogP contribution is 2.32. The summed E-state index contributed by atoms with van der Waals surface area (Å²) in [5, 5.41) is 0.494. The highest BCUT2D eigenvalue weighted by atomic mass is 35.5. The van der Waals surface area contributed by atoms with Gasteiger partial charge in [-0.25, -0.2) is 0 Å². The molecule has 3 nitrogen and oxygen atoms in total. The number of esters is 1. The van der Waals surface area contributed by atoms with Crippen molar-refractivity contribution in [3.63, 3.8) is 0 Å². The second-order valence-electron chi connectivity index (χ2n) is 5.30. The highest BCUT2D eigenvalue weighted by molar-refractivity contribution is 6.32. The minimum absolute atomic E-state index is 0.0812. The van der Waals surface area contributed by atoms with Crippen LogP contribution in [0.4, 0.5) is 0 Å². The summed E-state index contributed by atoms with van der Waals surface area (Å²) < 4.78 is 10.7. The van der Waals surface area contributed by atoms with Crippen molar-refractivity contribution in [2.75, 3.05) is 13.2 Å². The van der Waals surface area contributed by atoms with E-state index in [0.717, 1.165) is 5.56 Å². The smallest absolute Gasteiger partial charge is 0.314 e. The molecule has 1 atom stereocenters. The molecule has 0 amide bonds. The Morgan fingerprint density at radius 2 is 2.13 bits per heavy atom. The molecule has 0 radical (unpaired) electrons. The first-order chi connectivity index (χ1) is 11.0. The Balaban J connectivity index is 2.86. The van der Waals surface area contributed by atoms with Gasteiger partial charge in [-0.05, 0) is 30.5 Å². The molecule has 0 N–H and O–H groups in total. The SMILES string of the molecule is C=CCC#CCOC(=O)C(c1ccc(OCC)c(Cl)c1)C(C)C. The number of halogens is 1. The normalized spacial score (nSPS) is 11.3. The zero-order valence-electron chi connectivity index (χ0n) is 13.9. The molecule has 1 unspecified atom stereocenters. The third-order valence-electron chi connectivity index (χ3n) is 3.19. The molecule has 0 aliphatic heterocycles. The summed E-state index contributed by atoms with van der Waals surface area (Å²) in [6, 6.07) is 5.40. The number of carbonyl (C=O) groups excluding carboxylic acids is 1. The molecule has 0 spiro atoms.